The summed E-state index contributed by atoms with van der Waals surface area (Å²) in [4.78, 5) is 0. The Bertz CT molecular complexity index is 989. The molecule has 0 atom stereocenters. The van der Waals surface area contributed by atoms with Gasteiger partial charge in [-0.05, 0) is 61.9 Å². The normalized spacial score (nSPS) is 10.9. The van der Waals surface area contributed by atoms with Crippen LogP contribution in [0.1, 0.15) is 23.6 Å². The minimum Gasteiger partial charge on any atom is -0.490 e. The number of nitrogens with one attached hydrogen (secondary N) is 1. The fourth-order valence-electron chi connectivity index (χ4n) is 2.60. The molecule has 0 fully saturated rings. The number of hydrogen-bond acceptors (Lipinski definition) is 4. The van der Waals surface area contributed by atoms with Crippen molar-refractivity contribution in [2.24, 2.45) is 5.10 Å². The van der Waals surface area contributed by atoms with Crippen molar-refractivity contribution in [1.29, 1.82) is 0 Å². The number of hydrogen-bond donors (Lipinski definition) is 1. The van der Waals surface area contributed by atoms with E-state index in [1.54, 1.807) is 18.3 Å². The molecular weight excluding hydrogens is 407 g/mol. The SMILES string of the molecule is CCOc1cc(/C=N/Nc2ccc(C)cc2)ccc1OCc1ccc(Cl)cc1Cl. The Morgan fingerprint density at radius 3 is 2.45 bits per heavy atom. The van der Waals surface area contributed by atoms with E-state index in [2.05, 4.69) is 10.5 Å². The van der Waals surface area contributed by atoms with Gasteiger partial charge in [0.05, 0.1) is 18.5 Å². The van der Waals surface area contributed by atoms with Gasteiger partial charge in [0.25, 0.3) is 0 Å². The lowest BCUT2D eigenvalue weighted by Crippen LogP contribution is -2.01. The highest BCUT2D eigenvalue weighted by Gasteiger charge is 2.08. The van der Waals surface area contributed by atoms with Crippen LogP contribution in [0.5, 0.6) is 11.5 Å². The van der Waals surface area contributed by atoms with E-state index in [4.69, 9.17) is 32.7 Å². The Morgan fingerprint density at radius 1 is 0.931 bits per heavy atom. The van der Waals surface area contributed by atoms with E-state index in [0.29, 0.717) is 34.8 Å². The third kappa shape index (κ3) is 6.14. The molecule has 0 aliphatic heterocycles. The predicted octanol–water partition coefficient (Wildman–Crippen LogP) is 6.73. The highest BCUT2D eigenvalue weighted by molar-refractivity contribution is 6.35. The van der Waals surface area contributed by atoms with E-state index in [9.17, 15) is 0 Å². The Balaban J connectivity index is 1.68. The topological polar surface area (TPSA) is 42.8 Å². The van der Waals surface area contributed by atoms with Crippen LogP contribution in [0.4, 0.5) is 5.69 Å². The second-order valence-corrected chi connectivity index (χ2v) is 7.24. The quantitative estimate of drug-likeness (QED) is 0.319. The lowest BCUT2D eigenvalue weighted by Gasteiger charge is -2.13. The average Bonchev–Trinajstić information content (AvgIpc) is 2.70. The van der Waals surface area contributed by atoms with E-state index in [1.165, 1.54) is 5.56 Å². The summed E-state index contributed by atoms with van der Waals surface area (Å²) >= 11 is 12.2. The van der Waals surface area contributed by atoms with Gasteiger partial charge in [0.2, 0.25) is 0 Å². The molecule has 4 nitrogen and oxygen atoms in total. The van der Waals surface area contributed by atoms with Crippen molar-refractivity contribution in [3.63, 3.8) is 0 Å². The summed E-state index contributed by atoms with van der Waals surface area (Å²) in [6.45, 7) is 4.82. The van der Waals surface area contributed by atoms with Crippen molar-refractivity contribution in [3.05, 3.63) is 87.4 Å². The molecule has 3 aromatic carbocycles. The number of rotatable bonds is 8. The maximum atomic E-state index is 6.22. The summed E-state index contributed by atoms with van der Waals surface area (Å²) in [5.74, 6) is 1.29. The highest BCUT2D eigenvalue weighted by atomic mass is 35.5. The zero-order valence-corrected chi connectivity index (χ0v) is 17.8. The molecule has 0 unspecified atom stereocenters. The molecular formula is C23H22Cl2N2O2. The van der Waals surface area contributed by atoms with E-state index in [0.717, 1.165) is 16.8 Å². The van der Waals surface area contributed by atoms with Crippen LogP contribution in [0, 0.1) is 6.92 Å². The highest BCUT2D eigenvalue weighted by Crippen LogP contribution is 2.30. The molecule has 0 aliphatic carbocycles. The standard InChI is InChI=1S/C23H22Cl2N2O2/c1-3-28-23-12-17(14-26-27-20-9-4-16(2)5-10-20)6-11-22(23)29-15-18-7-8-19(24)13-21(18)25/h4-14,27H,3,15H2,1-2H3/b26-14+. The van der Waals surface area contributed by atoms with E-state index < -0.39 is 0 Å². The lowest BCUT2D eigenvalue weighted by molar-refractivity contribution is 0.269. The maximum Gasteiger partial charge on any atom is 0.161 e. The number of hydrazone groups is 1. The van der Waals surface area contributed by atoms with Gasteiger partial charge in [0, 0.05) is 15.6 Å². The lowest BCUT2D eigenvalue weighted by atomic mass is 10.2. The molecule has 0 spiro atoms. The maximum absolute atomic E-state index is 6.22. The molecule has 0 bridgehead atoms. The van der Waals surface area contributed by atoms with Crippen LogP contribution in [0.15, 0.2) is 65.8 Å². The minimum atomic E-state index is 0.318. The first-order valence-corrected chi connectivity index (χ1v) is 10.00. The van der Waals surface area contributed by atoms with Crippen molar-refractivity contribution in [3.8, 4) is 11.5 Å². The summed E-state index contributed by atoms with van der Waals surface area (Å²) in [6.07, 6.45) is 1.74. The Hall–Kier alpha value is -2.69. The van der Waals surface area contributed by atoms with Crippen LogP contribution < -0.4 is 14.9 Å². The molecule has 0 aliphatic rings. The summed E-state index contributed by atoms with van der Waals surface area (Å²) in [5, 5.41) is 5.45. The van der Waals surface area contributed by atoms with Crippen LogP contribution in [-0.2, 0) is 6.61 Å². The van der Waals surface area contributed by atoms with Gasteiger partial charge in [-0.25, -0.2) is 0 Å². The number of ether oxygens (including phenoxy) is 2. The smallest absolute Gasteiger partial charge is 0.161 e. The van der Waals surface area contributed by atoms with E-state index in [1.807, 2.05) is 62.4 Å². The van der Waals surface area contributed by atoms with Crippen molar-refractivity contribution in [2.75, 3.05) is 12.0 Å². The predicted molar refractivity (Wildman–Crippen MR) is 121 cm³/mol. The summed E-state index contributed by atoms with van der Waals surface area (Å²) in [6, 6.07) is 19.0. The van der Waals surface area contributed by atoms with Crippen LogP contribution in [0.25, 0.3) is 0 Å². The number of aryl methyl sites for hydroxylation is 1. The summed E-state index contributed by atoms with van der Waals surface area (Å²) < 4.78 is 11.7. The third-order valence-electron chi connectivity index (χ3n) is 4.12. The fourth-order valence-corrected chi connectivity index (χ4v) is 3.06. The first-order valence-electron chi connectivity index (χ1n) is 9.24. The van der Waals surface area contributed by atoms with Crippen molar-refractivity contribution >= 4 is 35.1 Å². The zero-order chi connectivity index (χ0) is 20.6. The number of anilines is 1. The molecule has 3 aromatic rings. The molecule has 3 rings (SSSR count). The Kier molecular flexibility index (Phi) is 7.39. The molecule has 150 valence electrons. The van der Waals surface area contributed by atoms with Crippen LogP contribution in [0.2, 0.25) is 10.0 Å². The molecule has 29 heavy (non-hydrogen) atoms. The number of benzene rings is 3. The van der Waals surface area contributed by atoms with Gasteiger partial charge in [0.1, 0.15) is 6.61 Å². The third-order valence-corrected chi connectivity index (χ3v) is 4.71. The fraction of sp³-hybridized carbons (Fsp3) is 0.174. The van der Waals surface area contributed by atoms with Gasteiger partial charge in [-0.1, -0.05) is 47.0 Å². The second kappa shape index (κ2) is 10.2. The molecule has 0 heterocycles. The summed E-state index contributed by atoms with van der Waals surface area (Å²) in [5.41, 5.74) is 6.89. The van der Waals surface area contributed by atoms with Gasteiger partial charge in [-0.2, -0.15) is 5.10 Å². The van der Waals surface area contributed by atoms with Crippen LogP contribution in [0.3, 0.4) is 0 Å². The zero-order valence-electron chi connectivity index (χ0n) is 16.3. The first kappa shape index (κ1) is 21.0. The van der Waals surface area contributed by atoms with Crippen molar-refractivity contribution in [1.82, 2.24) is 0 Å². The van der Waals surface area contributed by atoms with Crippen molar-refractivity contribution < 1.29 is 9.47 Å². The molecule has 0 saturated heterocycles. The van der Waals surface area contributed by atoms with Gasteiger partial charge >= 0.3 is 0 Å². The number of halogens is 2. The second-order valence-electron chi connectivity index (χ2n) is 6.40. The van der Waals surface area contributed by atoms with Crippen molar-refractivity contribution in [2.45, 2.75) is 20.5 Å². The molecule has 0 radical (unpaired) electrons. The molecule has 1 N–H and O–H groups in total. The van der Waals surface area contributed by atoms with Crippen LogP contribution in [-0.4, -0.2) is 12.8 Å². The molecule has 0 saturated carbocycles. The monoisotopic (exact) mass is 428 g/mol. The number of nitrogens with zero attached hydrogens (tertiary/aromatic N) is 1. The largest absolute Gasteiger partial charge is 0.490 e. The van der Waals surface area contributed by atoms with Gasteiger partial charge in [0.15, 0.2) is 11.5 Å². The van der Waals surface area contributed by atoms with E-state index in [-0.39, 0.29) is 0 Å². The molecule has 0 aromatic heterocycles. The Labute approximate surface area is 181 Å². The summed E-state index contributed by atoms with van der Waals surface area (Å²) in [7, 11) is 0. The van der Waals surface area contributed by atoms with Crippen LogP contribution >= 0.6 is 23.2 Å². The molecule has 0 amide bonds. The average molecular weight is 429 g/mol. The minimum absolute atomic E-state index is 0.318. The van der Waals surface area contributed by atoms with Gasteiger partial charge in [-0.15, -0.1) is 0 Å². The first-order chi connectivity index (χ1) is 14.0. The van der Waals surface area contributed by atoms with Gasteiger partial charge < -0.3 is 9.47 Å². The van der Waals surface area contributed by atoms with E-state index >= 15 is 0 Å². The molecule has 6 heteroatoms. The van der Waals surface area contributed by atoms with Gasteiger partial charge in [-0.3, -0.25) is 5.43 Å². The Morgan fingerprint density at radius 2 is 1.72 bits per heavy atom.